The molecule has 2 N–H and O–H groups in total. The van der Waals surface area contributed by atoms with E-state index in [4.69, 9.17) is 4.74 Å². The monoisotopic (exact) mass is 337 g/mol. The molecule has 0 bridgehead atoms. The fraction of sp³-hybridized carbons (Fsp3) is 0.615. The zero-order valence-corrected chi connectivity index (χ0v) is 12.7. The smallest absolute Gasteiger partial charge is 0.423 e. The van der Waals surface area contributed by atoms with Crippen LogP contribution in [0.5, 0.6) is 0 Å². The molecule has 0 saturated heterocycles. The van der Waals surface area contributed by atoms with E-state index in [1.807, 2.05) is 0 Å². The minimum atomic E-state index is -4.80. The van der Waals surface area contributed by atoms with Crippen molar-refractivity contribution in [3.63, 3.8) is 0 Å². The summed E-state index contributed by atoms with van der Waals surface area (Å²) in [5.74, 6) is -0.441. The third kappa shape index (κ3) is 5.89. The van der Waals surface area contributed by atoms with Gasteiger partial charge in [0.2, 0.25) is 0 Å². The highest BCUT2D eigenvalue weighted by Crippen LogP contribution is 2.31. The highest BCUT2D eigenvalue weighted by molar-refractivity contribution is 5.69. The van der Waals surface area contributed by atoms with Crippen molar-refractivity contribution in [3.05, 3.63) is 22.1 Å². The Morgan fingerprint density at radius 2 is 2.17 bits per heavy atom. The van der Waals surface area contributed by atoms with Crippen molar-refractivity contribution in [2.45, 2.75) is 32.0 Å². The second-order valence-electron chi connectivity index (χ2n) is 4.64. The Morgan fingerprint density at radius 3 is 2.74 bits per heavy atom. The van der Waals surface area contributed by atoms with Gasteiger partial charge in [-0.3, -0.25) is 9.59 Å². The molecule has 130 valence electrons. The van der Waals surface area contributed by atoms with Crippen LogP contribution in [0, 0.1) is 0 Å². The second-order valence-corrected chi connectivity index (χ2v) is 4.64. The Labute approximate surface area is 130 Å². The van der Waals surface area contributed by atoms with E-state index in [1.54, 1.807) is 12.0 Å². The Bertz CT molecular complexity index is 574. The van der Waals surface area contributed by atoms with Crippen LogP contribution in [0.4, 0.5) is 18.9 Å². The maximum Gasteiger partial charge on any atom is 0.423 e. The van der Waals surface area contributed by atoms with Crippen molar-refractivity contribution in [1.82, 2.24) is 10.2 Å². The number of halogens is 3. The Kier molecular flexibility index (Phi) is 7.01. The Hall–Kier alpha value is -2.10. The average molecular weight is 337 g/mol. The molecule has 0 aliphatic heterocycles. The summed E-state index contributed by atoms with van der Waals surface area (Å²) in [6, 6.07) is -0.475. The summed E-state index contributed by atoms with van der Waals surface area (Å²) in [7, 11) is 1.25. The Morgan fingerprint density at radius 1 is 1.48 bits per heavy atom. The first-order valence-electron chi connectivity index (χ1n) is 6.85. The van der Waals surface area contributed by atoms with Crippen molar-refractivity contribution in [1.29, 1.82) is 0 Å². The lowest BCUT2D eigenvalue weighted by Gasteiger charge is -2.20. The van der Waals surface area contributed by atoms with Crippen molar-refractivity contribution in [3.8, 4) is 0 Å². The maximum atomic E-state index is 12.9. The van der Waals surface area contributed by atoms with Crippen LogP contribution < -0.4 is 10.9 Å². The number of methoxy groups -OCH3 is 1. The molecule has 1 heterocycles. The van der Waals surface area contributed by atoms with Crippen LogP contribution in [-0.2, 0) is 20.4 Å². The number of hydrogen-bond donors (Lipinski definition) is 2. The zero-order valence-electron chi connectivity index (χ0n) is 12.7. The summed E-state index contributed by atoms with van der Waals surface area (Å²) in [6.07, 6.45) is -3.40. The molecule has 0 aliphatic rings. The van der Waals surface area contributed by atoms with Gasteiger partial charge in [0.25, 0.3) is 5.56 Å². The van der Waals surface area contributed by atoms with Crippen molar-refractivity contribution >= 4 is 11.7 Å². The molecule has 0 fully saturated rings. The van der Waals surface area contributed by atoms with Crippen LogP contribution in [0.2, 0.25) is 0 Å². The van der Waals surface area contributed by atoms with Gasteiger partial charge in [-0.1, -0.05) is 6.92 Å². The number of esters is 1. The molecule has 1 aromatic heterocycles. The lowest BCUT2D eigenvalue weighted by molar-refractivity contribution is -0.142. The summed E-state index contributed by atoms with van der Waals surface area (Å²) in [5, 5.41) is 7.74. The number of rotatable bonds is 8. The van der Waals surface area contributed by atoms with E-state index >= 15 is 0 Å². The molecule has 1 atom stereocenters. The molecule has 1 unspecified atom stereocenters. The standard InChI is InChI=1S/C13H18F3N3O4/c1-3-8(7-23-5-4-10(20)22-2)18-9-6-17-19-12(21)11(9)13(14,15)16/h6,8H,3-5,7H2,1-2H3,(H2,18,19,21). The molecular formula is C13H18F3N3O4. The van der Waals surface area contributed by atoms with Gasteiger partial charge in [-0.25, -0.2) is 5.10 Å². The van der Waals surface area contributed by atoms with E-state index in [2.05, 4.69) is 15.2 Å². The lowest BCUT2D eigenvalue weighted by atomic mass is 10.2. The van der Waals surface area contributed by atoms with E-state index in [-0.39, 0.29) is 19.6 Å². The van der Waals surface area contributed by atoms with E-state index in [0.717, 1.165) is 6.20 Å². The quantitative estimate of drug-likeness (QED) is 0.552. The number of alkyl halides is 3. The number of H-pyrrole nitrogens is 1. The second kappa shape index (κ2) is 8.51. The number of nitrogens with zero attached hydrogens (tertiary/aromatic N) is 1. The summed E-state index contributed by atoms with van der Waals surface area (Å²) < 4.78 is 48.5. The van der Waals surface area contributed by atoms with Crippen molar-refractivity contribution in [2.24, 2.45) is 0 Å². The highest BCUT2D eigenvalue weighted by Gasteiger charge is 2.37. The highest BCUT2D eigenvalue weighted by atomic mass is 19.4. The van der Waals surface area contributed by atoms with E-state index in [0.29, 0.717) is 6.42 Å². The van der Waals surface area contributed by atoms with Gasteiger partial charge in [-0.05, 0) is 6.42 Å². The van der Waals surface area contributed by atoms with Crippen LogP contribution in [0.1, 0.15) is 25.3 Å². The first-order valence-corrected chi connectivity index (χ1v) is 6.85. The van der Waals surface area contributed by atoms with Crippen LogP contribution in [0.3, 0.4) is 0 Å². The number of anilines is 1. The van der Waals surface area contributed by atoms with E-state index in [1.165, 1.54) is 7.11 Å². The molecule has 7 nitrogen and oxygen atoms in total. The molecule has 0 saturated carbocycles. The summed E-state index contributed by atoms with van der Waals surface area (Å²) >= 11 is 0. The molecule has 0 spiro atoms. The number of carbonyl (C=O) groups excluding carboxylic acids is 1. The van der Waals surface area contributed by atoms with Gasteiger partial charge in [-0.15, -0.1) is 0 Å². The van der Waals surface area contributed by atoms with Gasteiger partial charge in [-0.2, -0.15) is 18.3 Å². The molecule has 0 radical (unpaired) electrons. The molecule has 10 heteroatoms. The number of nitrogens with one attached hydrogen (secondary N) is 2. The number of aromatic nitrogens is 2. The summed E-state index contributed by atoms with van der Waals surface area (Å²) in [6.45, 7) is 1.90. The normalized spacial score (nSPS) is 12.7. The average Bonchev–Trinajstić information content (AvgIpc) is 2.48. The van der Waals surface area contributed by atoms with Crippen LogP contribution in [0.25, 0.3) is 0 Å². The van der Waals surface area contributed by atoms with Crippen molar-refractivity contribution < 1.29 is 27.4 Å². The van der Waals surface area contributed by atoms with Crippen molar-refractivity contribution in [2.75, 3.05) is 25.6 Å². The van der Waals surface area contributed by atoms with Gasteiger partial charge in [0, 0.05) is 6.04 Å². The molecular weight excluding hydrogens is 319 g/mol. The minimum Gasteiger partial charge on any atom is -0.469 e. The number of ether oxygens (including phenoxy) is 2. The van der Waals surface area contributed by atoms with Crippen LogP contribution >= 0.6 is 0 Å². The molecule has 0 aromatic carbocycles. The minimum absolute atomic E-state index is 0.0489. The number of hydrogen-bond acceptors (Lipinski definition) is 6. The van der Waals surface area contributed by atoms with Gasteiger partial charge < -0.3 is 14.8 Å². The van der Waals surface area contributed by atoms with Crippen LogP contribution in [0.15, 0.2) is 11.0 Å². The summed E-state index contributed by atoms with van der Waals surface area (Å²) in [5.41, 5.74) is -3.06. The van der Waals surface area contributed by atoms with Gasteiger partial charge in [0.15, 0.2) is 0 Å². The fourth-order valence-electron chi connectivity index (χ4n) is 1.75. The number of carbonyl (C=O) groups is 1. The molecule has 0 amide bonds. The fourth-order valence-corrected chi connectivity index (χ4v) is 1.75. The van der Waals surface area contributed by atoms with Gasteiger partial charge in [0.05, 0.1) is 38.6 Å². The largest absolute Gasteiger partial charge is 0.469 e. The predicted octanol–water partition coefficient (Wildman–Crippen LogP) is 1.56. The van der Waals surface area contributed by atoms with Gasteiger partial charge >= 0.3 is 12.1 Å². The van der Waals surface area contributed by atoms with E-state index in [9.17, 15) is 22.8 Å². The third-order valence-electron chi connectivity index (χ3n) is 2.99. The molecule has 23 heavy (non-hydrogen) atoms. The number of aromatic amines is 1. The van der Waals surface area contributed by atoms with Crippen LogP contribution in [-0.4, -0.2) is 42.5 Å². The van der Waals surface area contributed by atoms with Gasteiger partial charge in [0.1, 0.15) is 5.56 Å². The first-order chi connectivity index (χ1) is 10.8. The molecule has 1 aromatic rings. The first kappa shape index (κ1) is 18.9. The summed E-state index contributed by atoms with van der Waals surface area (Å²) in [4.78, 5) is 22.3. The topological polar surface area (TPSA) is 93.3 Å². The molecule has 0 aliphatic carbocycles. The third-order valence-corrected chi connectivity index (χ3v) is 2.99. The predicted molar refractivity (Wildman–Crippen MR) is 75.0 cm³/mol. The Balaban J connectivity index is 2.71. The molecule has 1 rings (SSSR count). The van der Waals surface area contributed by atoms with E-state index < -0.39 is 35.0 Å². The SMILES string of the molecule is CCC(COCCC(=O)OC)Nc1cn[nH]c(=O)c1C(F)(F)F. The maximum absolute atomic E-state index is 12.9. The lowest BCUT2D eigenvalue weighted by Crippen LogP contribution is -2.30. The zero-order chi connectivity index (χ0) is 17.5.